The molecule has 0 radical (unpaired) electrons. The van der Waals surface area contributed by atoms with Crippen LogP contribution in [-0.2, 0) is 6.42 Å². The van der Waals surface area contributed by atoms with E-state index < -0.39 is 0 Å². The number of unbranched alkanes of at least 4 members (excludes halogenated alkanes) is 1. The standard InChI is InChI=1S/C15H24ClNO/c1-12(2)11-17-9-5-4-6-13-10-14(16)7-8-15(13)18-3/h7-8,10,12,17H,4-6,9,11H2,1-3H3. The second kappa shape index (κ2) is 8.39. The molecule has 1 rings (SSSR count). The maximum Gasteiger partial charge on any atom is 0.122 e. The largest absolute Gasteiger partial charge is 0.496 e. The molecule has 0 saturated carbocycles. The van der Waals surface area contributed by atoms with Crippen LogP contribution in [0.5, 0.6) is 5.75 Å². The van der Waals surface area contributed by atoms with Gasteiger partial charge in [0.2, 0.25) is 0 Å². The molecule has 0 unspecified atom stereocenters. The Kier molecular flexibility index (Phi) is 7.14. The first-order valence-electron chi connectivity index (χ1n) is 6.66. The summed E-state index contributed by atoms with van der Waals surface area (Å²) in [5.74, 6) is 1.66. The van der Waals surface area contributed by atoms with Crippen LogP contribution in [0.2, 0.25) is 5.02 Å². The van der Waals surface area contributed by atoms with E-state index in [4.69, 9.17) is 16.3 Å². The minimum absolute atomic E-state index is 0.720. The van der Waals surface area contributed by atoms with Crippen LogP contribution in [-0.4, -0.2) is 20.2 Å². The Labute approximate surface area is 116 Å². The highest BCUT2D eigenvalue weighted by Gasteiger charge is 2.03. The maximum absolute atomic E-state index is 6.00. The molecule has 0 aromatic heterocycles. The number of halogens is 1. The van der Waals surface area contributed by atoms with Crippen molar-refractivity contribution in [2.24, 2.45) is 5.92 Å². The fraction of sp³-hybridized carbons (Fsp3) is 0.600. The molecule has 0 amide bonds. The number of methoxy groups -OCH3 is 1. The molecule has 0 fully saturated rings. The van der Waals surface area contributed by atoms with Crippen LogP contribution in [0.3, 0.4) is 0 Å². The van der Waals surface area contributed by atoms with Gasteiger partial charge >= 0.3 is 0 Å². The van der Waals surface area contributed by atoms with Crippen LogP contribution in [0, 0.1) is 5.92 Å². The SMILES string of the molecule is COc1ccc(Cl)cc1CCCCNCC(C)C. The van der Waals surface area contributed by atoms with Crippen molar-refractivity contribution in [3.05, 3.63) is 28.8 Å². The summed E-state index contributed by atoms with van der Waals surface area (Å²) in [6.45, 7) is 6.63. The normalized spacial score (nSPS) is 10.9. The summed E-state index contributed by atoms with van der Waals surface area (Å²) in [5, 5.41) is 4.23. The van der Waals surface area contributed by atoms with Crippen molar-refractivity contribution in [3.8, 4) is 5.75 Å². The fourth-order valence-corrected chi connectivity index (χ4v) is 2.09. The Morgan fingerprint density at radius 3 is 2.72 bits per heavy atom. The first-order valence-corrected chi connectivity index (χ1v) is 7.04. The number of benzene rings is 1. The molecule has 0 aliphatic rings. The molecule has 0 heterocycles. The average molecular weight is 270 g/mol. The van der Waals surface area contributed by atoms with E-state index >= 15 is 0 Å². The quantitative estimate of drug-likeness (QED) is 0.723. The number of hydrogen-bond donors (Lipinski definition) is 1. The Bertz CT molecular complexity index is 352. The lowest BCUT2D eigenvalue weighted by atomic mass is 10.1. The summed E-state index contributed by atoms with van der Waals surface area (Å²) < 4.78 is 5.34. The predicted molar refractivity (Wildman–Crippen MR) is 78.6 cm³/mol. The summed E-state index contributed by atoms with van der Waals surface area (Å²) in [4.78, 5) is 0. The molecule has 0 aliphatic heterocycles. The molecule has 18 heavy (non-hydrogen) atoms. The molecular weight excluding hydrogens is 246 g/mol. The number of rotatable bonds is 8. The van der Waals surface area contributed by atoms with Crippen molar-refractivity contribution >= 4 is 11.6 Å². The number of hydrogen-bond acceptors (Lipinski definition) is 2. The van der Waals surface area contributed by atoms with Crippen molar-refractivity contribution in [2.75, 3.05) is 20.2 Å². The van der Waals surface area contributed by atoms with Crippen LogP contribution >= 0.6 is 11.6 Å². The van der Waals surface area contributed by atoms with Crippen LogP contribution in [0.15, 0.2) is 18.2 Å². The molecule has 0 spiro atoms. The average Bonchev–Trinajstić information content (AvgIpc) is 2.33. The van der Waals surface area contributed by atoms with Gasteiger partial charge in [-0.25, -0.2) is 0 Å². The summed E-state index contributed by atoms with van der Waals surface area (Å²) in [6.07, 6.45) is 3.36. The highest BCUT2D eigenvalue weighted by molar-refractivity contribution is 6.30. The molecule has 3 heteroatoms. The van der Waals surface area contributed by atoms with Gasteiger partial charge in [-0.05, 0) is 62.0 Å². The van der Waals surface area contributed by atoms with Gasteiger partial charge in [0.1, 0.15) is 5.75 Å². The third-order valence-corrected chi connectivity index (χ3v) is 3.08. The van der Waals surface area contributed by atoms with E-state index in [2.05, 4.69) is 19.2 Å². The van der Waals surface area contributed by atoms with E-state index in [9.17, 15) is 0 Å². The van der Waals surface area contributed by atoms with Gasteiger partial charge < -0.3 is 10.1 Å². The Morgan fingerprint density at radius 1 is 1.28 bits per heavy atom. The van der Waals surface area contributed by atoms with Gasteiger partial charge in [0.15, 0.2) is 0 Å². The van der Waals surface area contributed by atoms with Gasteiger partial charge in [-0.15, -0.1) is 0 Å². The van der Waals surface area contributed by atoms with Crippen molar-refractivity contribution in [3.63, 3.8) is 0 Å². The molecule has 2 nitrogen and oxygen atoms in total. The van der Waals surface area contributed by atoms with E-state index in [0.29, 0.717) is 0 Å². The predicted octanol–water partition coefficient (Wildman–Crippen LogP) is 3.92. The van der Waals surface area contributed by atoms with Crippen LogP contribution < -0.4 is 10.1 Å². The summed E-state index contributed by atoms with van der Waals surface area (Å²) >= 11 is 6.00. The van der Waals surface area contributed by atoms with Crippen molar-refractivity contribution in [2.45, 2.75) is 33.1 Å². The third-order valence-electron chi connectivity index (χ3n) is 2.84. The number of ether oxygens (including phenoxy) is 1. The van der Waals surface area contributed by atoms with Gasteiger partial charge in [-0.2, -0.15) is 0 Å². The van der Waals surface area contributed by atoms with Gasteiger partial charge in [-0.3, -0.25) is 0 Å². The van der Waals surface area contributed by atoms with Crippen LogP contribution in [0.1, 0.15) is 32.3 Å². The fourth-order valence-electron chi connectivity index (χ4n) is 1.90. The summed E-state index contributed by atoms with van der Waals surface area (Å²) in [5.41, 5.74) is 1.20. The molecule has 1 N–H and O–H groups in total. The lowest BCUT2D eigenvalue weighted by Crippen LogP contribution is -2.20. The summed E-state index contributed by atoms with van der Waals surface area (Å²) in [6, 6.07) is 5.81. The Balaban J connectivity index is 2.28. The van der Waals surface area contributed by atoms with E-state index in [-0.39, 0.29) is 0 Å². The molecule has 0 saturated heterocycles. The third kappa shape index (κ3) is 5.74. The molecule has 102 valence electrons. The zero-order valence-electron chi connectivity index (χ0n) is 11.6. The van der Waals surface area contributed by atoms with Crippen LogP contribution in [0.4, 0.5) is 0 Å². The molecule has 0 bridgehead atoms. The maximum atomic E-state index is 6.00. The topological polar surface area (TPSA) is 21.3 Å². The highest BCUT2D eigenvalue weighted by atomic mass is 35.5. The first-order chi connectivity index (χ1) is 8.63. The Hall–Kier alpha value is -0.730. The minimum atomic E-state index is 0.720. The van der Waals surface area contributed by atoms with E-state index in [1.807, 2.05) is 18.2 Å². The molecule has 0 atom stereocenters. The Morgan fingerprint density at radius 2 is 2.06 bits per heavy atom. The molecule has 1 aromatic rings. The smallest absolute Gasteiger partial charge is 0.122 e. The van der Waals surface area contributed by atoms with Crippen LogP contribution in [0.25, 0.3) is 0 Å². The lowest BCUT2D eigenvalue weighted by Gasteiger charge is -2.10. The summed E-state index contributed by atoms with van der Waals surface area (Å²) in [7, 11) is 1.71. The van der Waals surface area contributed by atoms with Crippen molar-refractivity contribution < 1.29 is 4.74 Å². The van der Waals surface area contributed by atoms with Crippen molar-refractivity contribution in [1.29, 1.82) is 0 Å². The number of aryl methyl sites for hydroxylation is 1. The van der Waals surface area contributed by atoms with E-state index in [0.717, 1.165) is 42.6 Å². The first kappa shape index (κ1) is 15.3. The second-order valence-electron chi connectivity index (χ2n) is 5.01. The monoisotopic (exact) mass is 269 g/mol. The van der Waals surface area contributed by atoms with Gasteiger partial charge in [0.25, 0.3) is 0 Å². The number of nitrogens with one attached hydrogen (secondary N) is 1. The zero-order valence-corrected chi connectivity index (χ0v) is 12.4. The lowest BCUT2D eigenvalue weighted by molar-refractivity contribution is 0.408. The van der Waals surface area contributed by atoms with Gasteiger partial charge in [0.05, 0.1) is 7.11 Å². The zero-order chi connectivity index (χ0) is 13.4. The van der Waals surface area contributed by atoms with E-state index in [1.165, 1.54) is 12.0 Å². The van der Waals surface area contributed by atoms with Gasteiger partial charge in [-0.1, -0.05) is 25.4 Å². The molecule has 1 aromatic carbocycles. The van der Waals surface area contributed by atoms with Gasteiger partial charge in [0, 0.05) is 5.02 Å². The molecular formula is C15H24ClNO. The minimum Gasteiger partial charge on any atom is -0.496 e. The van der Waals surface area contributed by atoms with Crippen molar-refractivity contribution in [1.82, 2.24) is 5.32 Å². The highest BCUT2D eigenvalue weighted by Crippen LogP contribution is 2.24. The molecule has 0 aliphatic carbocycles. The second-order valence-corrected chi connectivity index (χ2v) is 5.45. The van der Waals surface area contributed by atoms with E-state index in [1.54, 1.807) is 7.11 Å².